The lowest BCUT2D eigenvalue weighted by atomic mass is 10.1. The van der Waals surface area contributed by atoms with Crippen molar-refractivity contribution in [1.29, 1.82) is 0 Å². The maximum atomic E-state index is 8.65. The molecule has 21 heavy (non-hydrogen) atoms. The molecule has 2 rings (SSSR count). The molecule has 0 bridgehead atoms. The van der Waals surface area contributed by atoms with Crippen LogP contribution in [-0.2, 0) is 13.0 Å². The molecule has 0 aliphatic rings. The van der Waals surface area contributed by atoms with Crippen molar-refractivity contribution in [1.82, 2.24) is 0 Å². The van der Waals surface area contributed by atoms with Crippen LogP contribution in [0.3, 0.4) is 0 Å². The Morgan fingerprint density at radius 1 is 1.24 bits per heavy atom. The van der Waals surface area contributed by atoms with Crippen molar-refractivity contribution in [3.05, 3.63) is 64.2 Å². The van der Waals surface area contributed by atoms with Gasteiger partial charge in [-0.3, -0.25) is 0 Å². The van der Waals surface area contributed by atoms with E-state index in [1.165, 1.54) is 0 Å². The Morgan fingerprint density at radius 2 is 2.00 bits per heavy atom. The molecule has 0 amide bonds. The first-order chi connectivity index (χ1) is 10.2. The van der Waals surface area contributed by atoms with Gasteiger partial charge in [0.05, 0.1) is 0 Å². The summed E-state index contributed by atoms with van der Waals surface area (Å²) in [5.41, 5.74) is 8.09. The molecule has 0 spiro atoms. The number of hydrogen-bond acceptors (Lipinski definition) is 3. The summed E-state index contributed by atoms with van der Waals surface area (Å²) in [4.78, 5) is 0. The van der Waals surface area contributed by atoms with Crippen LogP contribution in [0.25, 0.3) is 0 Å². The number of para-hydroxylation sites is 1. The predicted molar refractivity (Wildman–Crippen MR) is 84.1 cm³/mol. The standard InChI is InChI=1S/C16H17ClN2O2/c1-2-11-5-3-4-6-15(11)21-10-13-8-7-12(9-14(13)17)16(18)19-20/h3-9,20H,2,10H2,1H3,(H2,18,19). The highest BCUT2D eigenvalue weighted by atomic mass is 35.5. The van der Waals surface area contributed by atoms with E-state index in [1.807, 2.05) is 30.3 Å². The van der Waals surface area contributed by atoms with Crippen molar-refractivity contribution >= 4 is 17.4 Å². The lowest BCUT2D eigenvalue weighted by Gasteiger charge is -2.11. The van der Waals surface area contributed by atoms with Crippen LogP contribution < -0.4 is 10.5 Å². The zero-order valence-electron chi connectivity index (χ0n) is 11.7. The highest BCUT2D eigenvalue weighted by molar-refractivity contribution is 6.31. The second kappa shape index (κ2) is 6.99. The molecule has 4 nitrogen and oxygen atoms in total. The van der Waals surface area contributed by atoms with E-state index in [0.29, 0.717) is 17.2 Å². The van der Waals surface area contributed by atoms with Gasteiger partial charge in [0.2, 0.25) is 0 Å². The minimum atomic E-state index is 0.0284. The Hall–Kier alpha value is -2.20. The summed E-state index contributed by atoms with van der Waals surface area (Å²) in [5.74, 6) is 0.886. The number of ether oxygens (including phenoxy) is 1. The average molecular weight is 305 g/mol. The molecule has 0 aliphatic carbocycles. The van der Waals surface area contributed by atoms with Gasteiger partial charge in [-0.15, -0.1) is 0 Å². The van der Waals surface area contributed by atoms with E-state index >= 15 is 0 Å². The molecule has 0 atom stereocenters. The van der Waals surface area contributed by atoms with E-state index < -0.39 is 0 Å². The summed E-state index contributed by atoms with van der Waals surface area (Å²) in [6, 6.07) is 13.1. The van der Waals surface area contributed by atoms with Crippen LogP contribution in [-0.4, -0.2) is 11.0 Å². The number of rotatable bonds is 5. The normalized spacial score (nSPS) is 11.4. The maximum absolute atomic E-state index is 8.65. The fourth-order valence-corrected chi connectivity index (χ4v) is 2.21. The first-order valence-corrected chi connectivity index (χ1v) is 7.00. The van der Waals surface area contributed by atoms with Gasteiger partial charge in [0.25, 0.3) is 0 Å². The van der Waals surface area contributed by atoms with E-state index in [0.717, 1.165) is 23.3 Å². The molecular weight excluding hydrogens is 288 g/mol. The van der Waals surface area contributed by atoms with Gasteiger partial charge in [-0.05, 0) is 24.1 Å². The highest BCUT2D eigenvalue weighted by Crippen LogP contribution is 2.23. The number of nitrogens with zero attached hydrogens (tertiary/aromatic N) is 1. The van der Waals surface area contributed by atoms with Crippen molar-refractivity contribution in [2.75, 3.05) is 0 Å². The molecule has 0 heterocycles. The number of amidine groups is 1. The van der Waals surface area contributed by atoms with Crippen LogP contribution in [0.2, 0.25) is 5.02 Å². The van der Waals surface area contributed by atoms with E-state index in [9.17, 15) is 0 Å². The summed E-state index contributed by atoms with van der Waals surface area (Å²) in [6.07, 6.45) is 0.909. The van der Waals surface area contributed by atoms with Gasteiger partial charge in [0.15, 0.2) is 5.84 Å². The molecule has 0 aliphatic heterocycles. The van der Waals surface area contributed by atoms with Gasteiger partial charge in [0, 0.05) is 16.1 Å². The van der Waals surface area contributed by atoms with E-state index in [-0.39, 0.29) is 5.84 Å². The van der Waals surface area contributed by atoms with Crippen LogP contribution in [0, 0.1) is 0 Å². The Morgan fingerprint density at radius 3 is 2.67 bits per heavy atom. The predicted octanol–water partition coefficient (Wildman–Crippen LogP) is 3.58. The Kier molecular flexibility index (Phi) is 5.06. The zero-order chi connectivity index (χ0) is 15.2. The first-order valence-electron chi connectivity index (χ1n) is 6.62. The average Bonchev–Trinajstić information content (AvgIpc) is 2.53. The van der Waals surface area contributed by atoms with E-state index in [4.69, 9.17) is 27.3 Å². The molecule has 0 radical (unpaired) electrons. The summed E-state index contributed by atoms with van der Waals surface area (Å²) in [6.45, 7) is 2.45. The highest BCUT2D eigenvalue weighted by Gasteiger charge is 2.07. The molecule has 0 unspecified atom stereocenters. The molecule has 0 saturated carbocycles. The fraction of sp³-hybridized carbons (Fsp3) is 0.188. The smallest absolute Gasteiger partial charge is 0.170 e. The number of halogens is 1. The summed E-state index contributed by atoms with van der Waals surface area (Å²) >= 11 is 6.20. The van der Waals surface area contributed by atoms with Crippen molar-refractivity contribution in [2.45, 2.75) is 20.0 Å². The second-order valence-corrected chi connectivity index (χ2v) is 4.95. The topological polar surface area (TPSA) is 67.8 Å². The first kappa shape index (κ1) is 15.2. The van der Waals surface area contributed by atoms with Crippen molar-refractivity contribution in [3.8, 4) is 5.75 Å². The molecule has 2 aromatic rings. The zero-order valence-corrected chi connectivity index (χ0v) is 12.5. The molecular formula is C16H17ClN2O2. The maximum Gasteiger partial charge on any atom is 0.170 e. The van der Waals surface area contributed by atoms with Crippen molar-refractivity contribution in [2.24, 2.45) is 10.9 Å². The lowest BCUT2D eigenvalue weighted by molar-refractivity contribution is 0.303. The summed E-state index contributed by atoms with van der Waals surface area (Å²) in [7, 11) is 0. The van der Waals surface area contributed by atoms with Gasteiger partial charge in [-0.1, -0.05) is 54.0 Å². The third-order valence-electron chi connectivity index (χ3n) is 3.19. The largest absolute Gasteiger partial charge is 0.489 e. The SMILES string of the molecule is CCc1ccccc1OCc1ccc(/C(N)=N/O)cc1Cl. The van der Waals surface area contributed by atoms with Crippen LogP contribution in [0.1, 0.15) is 23.6 Å². The van der Waals surface area contributed by atoms with Crippen LogP contribution in [0.5, 0.6) is 5.75 Å². The number of aryl methyl sites for hydroxylation is 1. The molecule has 110 valence electrons. The van der Waals surface area contributed by atoms with E-state index in [2.05, 4.69) is 12.1 Å². The minimum absolute atomic E-state index is 0.0284. The molecule has 2 aromatic carbocycles. The summed E-state index contributed by atoms with van der Waals surface area (Å²) < 4.78 is 5.83. The Balaban J connectivity index is 2.14. The molecule has 3 N–H and O–H groups in total. The number of oxime groups is 1. The van der Waals surface area contributed by atoms with Crippen LogP contribution >= 0.6 is 11.6 Å². The third-order valence-corrected chi connectivity index (χ3v) is 3.55. The Bertz CT molecular complexity index is 656. The van der Waals surface area contributed by atoms with Crippen molar-refractivity contribution < 1.29 is 9.94 Å². The number of hydrogen-bond donors (Lipinski definition) is 2. The van der Waals surface area contributed by atoms with Crippen LogP contribution in [0.15, 0.2) is 47.6 Å². The molecule has 0 aromatic heterocycles. The number of benzene rings is 2. The van der Waals surface area contributed by atoms with Crippen molar-refractivity contribution in [3.63, 3.8) is 0 Å². The lowest BCUT2D eigenvalue weighted by Crippen LogP contribution is -2.13. The van der Waals surface area contributed by atoms with Gasteiger partial charge in [-0.2, -0.15) is 0 Å². The van der Waals surface area contributed by atoms with Crippen LogP contribution in [0.4, 0.5) is 0 Å². The van der Waals surface area contributed by atoms with E-state index in [1.54, 1.807) is 12.1 Å². The minimum Gasteiger partial charge on any atom is -0.489 e. The van der Waals surface area contributed by atoms with Gasteiger partial charge < -0.3 is 15.7 Å². The monoisotopic (exact) mass is 304 g/mol. The molecule has 0 saturated heterocycles. The van der Waals surface area contributed by atoms with Gasteiger partial charge in [-0.25, -0.2) is 0 Å². The number of nitrogens with two attached hydrogens (primary N) is 1. The second-order valence-electron chi connectivity index (χ2n) is 4.54. The summed E-state index contributed by atoms with van der Waals surface area (Å²) in [5, 5.41) is 12.1. The van der Waals surface area contributed by atoms with Gasteiger partial charge >= 0.3 is 0 Å². The molecule has 5 heteroatoms. The molecule has 0 fully saturated rings. The quantitative estimate of drug-likeness (QED) is 0.384. The Labute approximate surface area is 128 Å². The third kappa shape index (κ3) is 3.67. The fourth-order valence-electron chi connectivity index (χ4n) is 1.97. The van der Waals surface area contributed by atoms with Gasteiger partial charge in [0.1, 0.15) is 12.4 Å².